The van der Waals surface area contributed by atoms with E-state index in [0.29, 0.717) is 11.4 Å². The van der Waals surface area contributed by atoms with Crippen molar-refractivity contribution in [1.29, 1.82) is 0 Å². The average Bonchev–Trinajstić information content (AvgIpc) is 2.47. The van der Waals surface area contributed by atoms with Gasteiger partial charge in [-0.05, 0) is 23.8 Å². The normalized spacial score (nSPS) is 11.2. The van der Waals surface area contributed by atoms with Crippen LogP contribution >= 0.6 is 0 Å². The smallest absolute Gasteiger partial charge is 0.264 e. The van der Waals surface area contributed by atoms with Crippen LogP contribution in [-0.2, 0) is 16.6 Å². The van der Waals surface area contributed by atoms with E-state index >= 15 is 0 Å². The minimum atomic E-state index is -4.04. The van der Waals surface area contributed by atoms with Crippen molar-refractivity contribution < 1.29 is 17.5 Å². The van der Waals surface area contributed by atoms with Crippen LogP contribution < -0.4 is 15.2 Å². The lowest BCUT2D eigenvalue weighted by Gasteiger charge is -2.09. The quantitative estimate of drug-likeness (QED) is 0.872. The van der Waals surface area contributed by atoms with E-state index in [9.17, 15) is 12.8 Å². The van der Waals surface area contributed by atoms with Crippen LogP contribution in [0, 0.1) is 5.82 Å². The lowest BCUT2D eigenvalue weighted by molar-refractivity contribution is 0.398. The molecule has 0 radical (unpaired) electrons. The summed E-state index contributed by atoms with van der Waals surface area (Å²) < 4.78 is 45.2. The van der Waals surface area contributed by atoms with Crippen molar-refractivity contribution in [2.75, 3.05) is 11.8 Å². The molecule has 21 heavy (non-hydrogen) atoms. The molecule has 0 aliphatic rings. The van der Waals surface area contributed by atoms with Gasteiger partial charge in [0.15, 0.2) is 0 Å². The first kappa shape index (κ1) is 15.2. The Morgan fingerprint density at radius 3 is 2.62 bits per heavy atom. The minimum Gasteiger partial charge on any atom is -0.481 e. The Morgan fingerprint density at radius 2 is 2.10 bits per heavy atom. The maximum Gasteiger partial charge on any atom is 0.264 e. The summed E-state index contributed by atoms with van der Waals surface area (Å²) in [5, 5.41) is 0. The van der Waals surface area contributed by atoms with Crippen LogP contribution in [0.2, 0.25) is 0 Å². The van der Waals surface area contributed by atoms with Crippen LogP contribution in [0.4, 0.5) is 10.1 Å². The average molecular weight is 311 g/mol. The molecule has 1 aromatic carbocycles. The molecular weight excluding hydrogens is 297 g/mol. The van der Waals surface area contributed by atoms with Gasteiger partial charge in [0.05, 0.1) is 19.0 Å². The highest BCUT2D eigenvalue weighted by Crippen LogP contribution is 2.20. The first-order valence-corrected chi connectivity index (χ1v) is 7.46. The molecule has 0 unspecified atom stereocenters. The van der Waals surface area contributed by atoms with E-state index in [1.807, 2.05) is 0 Å². The highest BCUT2D eigenvalue weighted by molar-refractivity contribution is 7.92. The zero-order valence-electron chi connectivity index (χ0n) is 11.2. The van der Waals surface area contributed by atoms with Crippen LogP contribution in [0.5, 0.6) is 5.88 Å². The minimum absolute atomic E-state index is 0.132. The third-order valence-corrected chi connectivity index (χ3v) is 4.13. The van der Waals surface area contributed by atoms with Crippen LogP contribution in [0.15, 0.2) is 41.4 Å². The fraction of sp³-hybridized carbons (Fsp3) is 0.154. The molecule has 8 heteroatoms. The Balaban J connectivity index is 2.29. The molecule has 0 saturated heterocycles. The monoisotopic (exact) mass is 311 g/mol. The van der Waals surface area contributed by atoms with Gasteiger partial charge in [0.1, 0.15) is 10.7 Å². The Bertz CT molecular complexity index is 733. The lowest BCUT2D eigenvalue weighted by atomic mass is 10.2. The summed E-state index contributed by atoms with van der Waals surface area (Å²) in [5.74, 6) is -0.511. The molecule has 2 rings (SSSR count). The van der Waals surface area contributed by atoms with Crippen molar-refractivity contribution in [2.45, 2.75) is 11.4 Å². The van der Waals surface area contributed by atoms with Crippen molar-refractivity contribution in [2.24, 2.45) is 5.73 Å². The Morgan fingerprint density at radius 1 is 1.33 bits per heavy atom. The number of methoxy groups -OCH3 is 1. The molecule has 1 aromatic heterocycles. The maximum atomic E-state index is 13.8. The Kier molecular flexibility index (Phi) is 4.39. The number of nitrogens with one attached hydrogen (secondary N) is 1. The molecule has 0 aliphatic carbocycles. The topological polar surface area (TPSA) is 94.3 Å². The molecule has 0 aliphatic heterocycles. The van der Waals surface area contributed by atoms with Crippen LogP contribution in [-0.4, -0.2) is 20.5 Å². The van der Waals surface area contributed by atoms with Gasteiger partial charge in [0.25, 0.3) is 10.0 Å². The second kappa shape index (κ2) is 6.06. The maximum absolute atomic E-state index is 13.8. The number of aromatic nitrogens is 1. The first-order chi connectivity index (χ1) is 9.96. The molecule has 0 fully saturated rings. The van der Waals surface area contributed by atoms with E-state index in [2.05, 4.69) is 9.71 Å². The summed E-state index contributed by atoms with van der Waals surface area (Å²) in [6, 6.07) is 6.70. The van der Waals surface area contributed by atoms with Crippen LogP contribution in [0.25, 0.3) is 0 Å². The van der Waals surface area contributed by atoms with Crippen molar-refractivity contribution >= 4 is 15.7 Å². The summed E-state index contributed by atoms with van der Waals surface area (Å²) in [6.07, 6.45) is 1.28. The standard InChI is InChI=1S/C13H14FN3O3S/c1-20-13-5-3-10(8-16-13)17-21(18,19)12-4-2-9(7-15)6-11(12)14/h2-6,8,17H,7,15H2,1H3. The predicted octanol–water partition coefficient (Wildman–Crippen LogP) is 1.49. The second-order valence-electron chi connectivity index (χ2n) is 4.16. The van der Waals surface area contributed by atoms with Crippen LogP contribution in [0.1, 0.15) is 5.56 Å². The molecule has 112 valence electrons. The number of anilines is 1. The largest absolute Gasteiger partial charge is 0.481 e. The van der Waals surface area contributed by atoms with Gasteiger partial charge in [-0.1, -0.05) is 6.07 Å². The van der Waals surface area contributed by atoms with Crippen molar-refractivity contribution in [3.05, 3.63) is 47.9 Å². The number of sulfonamides is 1. The van der Waals surface area contributed by atoms with Crippen molar-refractivity contribution in [3.63, 3.8) is 0 Å². The number of hydrogen-bond acceptors (Lipinski definition) is 5. The number of nitrogens with two attached hydrogens (primary N) is 1. The van der Waals surface area contributed by atoms with E-state index in [0.717, 1.165) is 6.07 Å². The van der Waals surface area contributed by atoms with Gasteiger partial charge in [0, 0.05) is 12.6 Å². The SMILES string of the molecule is COc1ccc(NS(=O)(=O)c2ccc(CN)cc2F)cn1. The Hall–Kier alpha value is -2.19. The van der Waals surface area contributed by atoms with Gasteiger partial charge >= 0.3 is 0 Å². The molecule has 0 spiro atoms. The highest BCUT2D eigenvalue weighted by atomic mass is 32.2. The van der Waals surface area contributed by atoms with Gasteiger partial charge in [-0.15, -0.1) is 0 Å². The molecular formula is C13H14FN3O3S. The first-order valence-electron chi connectivity index (χ1n) is 5.97. The van der Waals surface area contributed by atoms with Gasteiger partial charge in [-0.2, -0.15) is 0 Å². The fourth-order valence-electron chi connectivity index (χ4n) is 1.66. The number of halogens is 1. The molecule has 2 aromatic rings. The number of ether oxygens (including phenoxy) is 1. The third-order valence-electron chi connectivity index (χ3n) is 2.72. The van der Waals surface area contributed by atoms with Crippen molar-refractivity contribution in [1.82, 2.24) is 4.98 Å². The fourth-order valence-corrected chi connectivity index (χ4v) is 2.76. The van der Waals surface area contributed by atoms with Crippen molar-refractivity contribution in [3.8, 4) is 5.88 Å². The Labute approximate surface area is 121 Å². The van der Waals surface area contributed by atoms with Crippen LogP contribution in [0.3, 0.4) is 0 Å². The van der Waals surface area contributed by atoms with Gasteiger partial charge in [0.2, 0.25) is 5.88 Å². The summed E-state index contributed by atoms with van der Waals surface area (Å²) in [5.41, 5.74) is 6.10. The summed E-state index contributed by atoms with van der Waals surface area (Å²) in [4.78, 5) is 3.42. The van der Waals surface area contributed by atoms with E-state index < -0.39 is 20.7 Å². The zero-order valence-corrected chi connectivity index (χ0v) is 12.0. The lowest BCUT2D eigenvalue weighted by Crippen LogP contribution is -2.15. The number of pyridine rings is 1. The van der Waals surface area contributed by atoms with E-state index in [1.165, 1.54) is 37.6 Å². The molecule has 0 amide bonds. The van der Waals surface area contributed by atoms with E-state index in [1.54, 1.807) is 0 Å². The van der Waals surface area contributed by atoms with Gasteiger partial charge in [-0.25, -0.2) is 17.8 Å². The van der Waals surface area contributed by atoms with E-state index in [-0.39, 0.29) is 12.2 Å². The number of hydrogen-bond donors (Lipinski definition) is 2. The molecule has 0 atom stereocenters. The molecule has 3 N–H and O–H groups in total. The molecule has 0 bridgehead atoms. The zero-order chi connectivity index (χ0) is 15.5. The van der Waals surface area contributed by atoms with Gasteiger partial charge < -0.3 is 10.5 Å². The second-order valence-corrected chi connectivity index (χ2v) is 5.81. The summed E-state index contributed by atoms with van der Waals surface area (Å²) >= 11 is 0. The number of rotatable bonds is 5. The summed E-state index contributed by atoms with van der Waals surface area (Å²) in [6.45, 7) is 0.132. The number of nitrogens with zero attached hydrogens (tertiary/aromatic N) is 1. The number of benzene rings is 1. The third kappa shape index (κ3) is 3.47. The molecule has 1 heterocycles. The van der Waals surface area contributed by atoms with Gasteiger partial charge in [-0.3, -0.25) is 4.72 Å². The predicted molar refractivity (Wildman–Crippen MR) is 75.9 cm³/mol. The van der Waals surface area contributed by atoms with E-state index in [4.69, 9.17) is 10.5 Å². The molecule has 6 nitrogen and oxygen atoms in total. The molecule has 0 saturated carbocycles. The highest BCUT2D eigenvalue weighted by Gasteiger charge is 2.19. The summed E-state index contributed by atoms with van der Waals surface area (Å²) in [7, 11) is -2.59.